The Morgan fingerprint density at radius 1 is 0.897 bits per heavy atom. The maximum Gasteiger partial charge on any atom is 0.251 e. The van der Waals surface area contributed by atoms with Gasteiger partial charge in [0.15, 0.2) is 5.96 Å². The van der Waals surface area contributed by atoms with Crippen LogP contribution >= 0.6 is 24.0 Å². The third kappa shape index (κ3) is 6.92. The topological polar surface area (TPSA) is 60.0 Å². The summed E-state index contributed by atoms with van der Waals surface area (Å²) in [6.45, 7) is 5.27. The lowest BCUT2D eigenvalue weighted by Crippen LogP contribution is -2.52. The largest absolute Gasteiger partial charge is 0.368 e. The fourth-order valence-electron chi connectivity index (χ4n) is 3.33. The summed E-state index contributed by atoms with van der Waals surface area (Å²) in [6, 6.07) is 19.8. The van der Waals surface area contributed by atoms with Crippen LogP contribution in [0, 0.1) is 0 Å². The van der Waals surface area contributed by atoms with Gasteiger partial charge in [-0.25, -0.2) is 0 Å². The van der Waals surface area contributed by atoms with Crippen LogP contribution in [0.15, 0.2) is 65.7 Å². The highest BCUT2D eigenvalue weighted by Gasteiger charge is 2.19. The molecule has 3 rings (SSSR count). The number of rotatable bonds is 6. The number of nitrogens with zero attached hydrogens (tertiary/aromatic N) is 3. The first-order valence-electron chi connectivity index (χ1n) is 9.87. The summed E-state index contributed by atoms with van der Waals surface area (Å²) < 4.78 is 0. The lowest BCUT2D eigenvalue weighted by atomic mass is 10.2. The Morgan fingerprint density at radius 2 is 1.48 bits per heavy atom. The molecule has 156 valence electrons. The molecule has 2 N–H and O–H groups in total. The van der Waals surface area contributed by atoms with Crippen molar-refractivity contribution < 1.29 is 4.79 Å². The molecular weight excluding hydrogens is 477 g/mol. The zero-order chi connectivity index (χ0) is 19.6. The molecule has 7 heteroatoms. The van der Waals surface area contributed by atoms with Gasteiger partial charge in [-0.15, -0.1) is 24.0 Å². The van der Waals surface area contributed by atoms with Crippen molar-refractivity contribution in [3.63, 3.8) is 0 Å². The van der Waals surface area contributed by atoms with E-state index in [1.54, 1.807) is 0 Å². The average molecular weight is 507 g/mol. The molecule has 29 heavy (non-hydrogen) atoms. The number of nitrogens with one attached hydrogen (secondary N) is 2. The van der Waals surface area contributed by atoms with Gasteiger partial charge in [0.1, 0.15) is 0 Å². The summed E-state index contributed by atoms with van der Waals surface area (Å²) in [5.74, 6) is 0.907. The van der Waals surface area contributed by atoms with Gasteiger partial charge in [-0.05, 0) is 30.7 Å². The first kappa shape index (κ1) is 23.0. The maximum absolute atomic E-state index is 12.0. The summed E-state index contributed by atoms with van der Waals surface area (Å²) in [4.78, 5) is 21.1. The van der Waals surface area contributed by atoms with Gasteiger partial charge in [-0.1, -0.05) is 36.4 Å². The molecule has 0 saturated carbocycles. The monoisotopic (exact) mass is 507 g/mol. The number of amides is 1. The van der Waals surface area contributed by atoms with Gasteiger partial charge in [-0.2, -0.15) is 0 Å². The minimum atomic E-state index is -0.0259. The van der Waals surface area contributed by atoms with E-state index in [9.17, 15) is 4.79 Å². The van der Waals surface area contributed by atoms with Crippen molar-refractivity contribution >= 4 is 41.5 Å². The number of carbonyl (C=O) groups excluding carboxylic acids is 1. The molecule has 0 radical (unpaired) electrons. The van der Waals surface area contributed by atoms with Crippen LogP contribution in [0.1, 0.15) is 16.8 Å². The fourth-order valence-corrected chi connectivity index (χ4v) is 3.33. The summed E-state index contributed by atoms with van der Waals surface area (Å²) in [5.41, 5.74) is 1.97. The molecule has 1 amide bonds. The SMILES string of the molecule is CN=C(NCCCNC(=O)c1ccccc1)N1CCN(c2ccccc2)CC1.I. The van der Waals surface area contributed by atoms with Crippen LogP contribution in [0.5, 0.6) is 0 Å². The number of benzene rings is 2. The summed E-state index contributed by atoms with van der Waals surface area (Å²) in [6.07, 6.45) is 0.849. The first-order valence-corrected chi connectivity index (χ1v) is 9.87. The number of halogens is 1. The average Bonchev–Trinajstić information content (AvgIpc) is 2.77. The third-order valence-corrected chi connectivity index (χ3v) is 4.87. The van der Waals surface area contributed by atoms with Gasteiger partial charge in [0.05, 0.1) is 0 Å². The van der Waals surface area contributed by atoms with E-state index in [1.165, 1.54) is 5.69 Å². The molecule has 0 atom stereocenters. The Bertz CT molecular complexity index is 761. The Labute approximate surface area is 190 Å². The van der Waals surface area contributed by atoms with E-state index in [1.807, 2.05) is 43.4 Å². The van der Waals surface area contributed by atoms with E-state index in [0.717, 1.165) is 45.1 Å². The van der Waals surface area contributed by atoms with E-state index in [0.29, 0.717) is 12.1 Å². The highest BCUT2D eigenvalue weighted by Crippen LogP contribution is 2.15. The second-order valence-electron chi connectivity index (χ2n) is 6.76. The van der Waals surface area contributed by atoms with Gasteiger partial charge >= 0.3 is 0 Å². The van der Waals surface area contributed by atoms with Crippen molar-refractivity contribution in [3.05, 3.63) is 66.2 Å². The second kappa shape index (κ2) is 12.3. The van der Waals surface area contributed by atoms with Crippen LogP contribution in [0.2, 0.25) is 0 Å². The molecule has 2 aromatic rings. The third-order valence-electron chi connectivity index (χ3n) is 4.87. The number of aliphatic imine (C=N–C) groups is 1. The Hall–Kier alpha value is -2.29. The lowest BCUT2D eigenvalue weighted by molar-refractivity contribution is 0.0953. The minimum absolute atomic E-state index is 0. The van der Waals surface area contributed by atoms with Crippen molar-refractivity contribution in [2.45, 2.75) is 6.42 Å². The Balaban J connectivity index is 0.00000300. The zero-order valence-corrected chi connectivity index (χ0v) is 19.2. The van der Waals surface area contributed by atoms with Crippen molar-refractivity contribution in [2.75, 3.05) is 51.2 Å². The molecule has 0 aliphatic carbocycles. The van der Waals surface area contributed by atoms with E-state index in [-0.39, 0.29) is 29.9 Å². The van der Waals surface area contributed by atoms with E-state index in [4.69, 9.17) is 0 Å². The molecule has 1 saturated heterocycles. The molecule has 0 aromatic heterocycles. The van der Waals surface area contributed by atoms with Gasteiger partial charge in [-0.3, -0.25) is 9.79 Å². The molecule has 2 aromatic carbocycles. The zero-order valence-electron chi connectivity index (χ0n) is 16.9. The van der Waals surface area contributed by atoms with Crippen molar-refractivity contribution in [2.24, 2.45) is 4.99 Å². The number of hydrogen-bond acceptors (Lipinski definition) is 3. The smallest absolute Gasteiger partial charge is 0.251 e. The standard InChI is InChI=1S/C22H29N5O.HI/c1-23-22(25-14-8-13-24-21(28)19-9-4-2-5-10-19)27-17-15-26(16-18-27)20-11-6-3-7-12-20;/h2-7,9-12H,8,13-18H2,1H3,(H,23,25)(H,24,28);1H. The fraction of sp³-hybridized carbons (Fsp3) is 0.364. The van der Waals surface area contributed by atoms with Gasteiger partial charge < -0.3 is 20.4 Å². The molecule has 1 heterocycles. The van der Waals surface area contributed by atoms with E-state index in [2.05, 4.69) is 49.7 Å². The number of piperazine rings is 1. The predicted octanol–water partition coefficient (Wildman–Crippen LogP) is 2.82. The van der Waals surface area contributed by atoms with Crippen LogP contribution < -0.4 is 15.5 Å². The van der Waals surface area contributed by atoms with Gasteiger partial charge in [0, 0.05) is 57.6 Å². The van der Waals surface area contributed by atoms with Crippen LogP contribution in [0.4, 0.5) is 5.69 Å². The molecule has 0 unspecified atom stereocenters. The Morgan fingerprint density at radius 3 is 2.10 bits per heavy atom. The van der Waals surface area contributed by atoms with Crippen molar-refractivity contribution in [1.82, 2.24) is 15.5 Å². The highest BCUT2D eigenvalue weighted by atomic mass is 127. The minimum Gasteiger partial charge on any atom is -0.368 e. The van der Waals surface area contributed by atoms with Gasteiger partial charge in [0.25, 0.3) is 5.91 Å². The molecular formula is C22H30IN5O. The molecule has 1 aliphatic rings. The summed E-state index contributed by atoms with van der Waals surface area (Å²) in [5, 5.41) is 6.37. The number of carbonyl (C=O) groups is 1. The van der Waals surface area contributed by atoms with Crippen molar-refractivity contribution in [1.29, 1.82) is 0 Å². The second-order valence-corrected chi connectivity index (χ2v) is 6.76. The van der Waals surface area contributed by atoms with Crippen LogP contribution in [-0.4, -0.2) is 63.1 Å². The number of anilines is 1. The number of para-hydroxylation sites is 1. The van der Waals surface area contributed by atoms with Gasteiger partial charge in [0.2, 0.25) is 0 Å². The molecule has 0 bridgehead atoms. The summed E-state index contributed by atoms with van der Waals surface area (Å²) in [7, 11) is 1.82. The molecule has 1 fully saturated rings. The van der Waals surface area contributed by atoms with Crippen LogP contribution in [-0.2, 0) is 0 Å². The van der Waals surface area contributed by atoms with E-state index >= 15 is 0 Å². The maximum atomic E-state index is 12.0. The molecule has 1 aliphatic heterocycles. The van der Waals surface area contributed by atoms with E-state index < -0.39 is 0 Å². The number of guanidine groups is 1. The van der Waals surface area contributed by atoms with Crippen molar-refractivity contribution in [3.8, 4) is 0 Å². The van der Waals surface area contributed by atoms with Crippen LogP contribution in [0.25, 0.3) is 0 Å². The highest BCUT2D eigenvalue weighted by molar-refractivity contribution is 14.0. The lowest BCUT2D eigenvalue weighted by Gasteiger charge is -2.37. The normalized spacial score (nSPS) is 14.2. The first-order chi connectivity index (χ1) is 13.8. The molecule has 0 spiro atoms. The Kier molecular flexibility index (Phi) is 9.76. The number of hydrogen-bond donors (Lipinski definition) is 2. The van der Waals surface area contributed by atoms with Crippen LogP contribution in [0.3, 0.4) is 0 Å². The quantitative estimate of drug-likeness (QED) is 0.273. The predicted molar refractivity (Wildman–Crippen MR) is 130 cm³/mol. The molecule has 6 nitrogen and oxygen atoms in total. The summed E-state index contributed by atoms with van der Waals surface area (Å²) >= 11 is 0.